The van der Waals surface area contributed by atoms with Crippen molar-refractivity contribution < 1.29 is 23.0 Å². The van der Waals surface area contributed by atoms with E-state index in [0.29, 0.717) is 0 Å². The predicted octanol–water partition coefficient (Wildman–Crippen LogP) is 1.66. The molecule has 0 saturated carbocycles. The third-order valence-corrected chi connectivity index (χ3v) is 1.69. The van der Waals surface area contributed by atoms with E-state index in [4.69, 9.17) is 5.11 Å². The van der Waals surface area contributed by atoms with Crippen LogP contribution in [0.5, 0.6) is 5.75 Å². The fourth-order valence-corrected chi connectivity index (χ4v) is 1.01. The zero-order valence-corrected chi connectivity index (χ0v) is 7.30. The highest BCUT2D eigenvalue weighted by Gasteiger charge is 2.22. The number of hydrogen-bond donors (Lipinski definition) is 1. The maximum absolute atomic E-state index is 13.2. The Labute approximate surface area is 78.2 Å². The second kappa shape index (κ2) is 4.28. The molecule has 1 rings (SSSR count). The van der Waals surface area contributed by atoms with Gasteiger partial charge in [-0.2, -0.15) is 0 Å². The van der Waals surface area contributed by atoms with Crippen molar-refractivity contribution in [2.24, 2.45) is 0 Å². The normalized spacial score (nSPS) is 10.7. The van der Waals surface area contributed by atoms with Crippen molar-refractivity contribution in [3.05, 3.63) is 23.3 Å². The van der Waals surface area contributed by atoms with Crippen molar-refractivity contribution in [2.75, 3.05) is 7.11 Å². The molecule has 14 heavy (non-hydrogen) atoms. The molecule has 0 bridgehead atoms. The van der Waals surface area contributed by atoms with Gasteiger partial charge in [-0.25, -0.2) is 13.2 Å². The summed E-state index contributed by atoms with van der Waals surface area (Å²) in [7, 11) is 1.15. The topological polar surface area (TPSA) is 42.4 Å². The molecule has 1 aromatic heterocycles. The molecule has 1 heterocycles. The molecule has 0 aliphatic carbocycles. The number of aliphatic hydroxyl groups is 1. The monoisotopic (exact) mass is 207 g/mol. The second-order valence-corrected chi connectivity index (χ2v) is 2.46. The number of aliphatic hydroxyl groups excluding tert-OH is 1. The van der Waals surface area contributed by atoms with Gasteiger partial charge in [0.2, 0.25) is 0 Å². The number of nitrogens with zero attached hydrogens (tertiary/aromatic N) is 1. The highest BCUT2D eigenvalue weighted by Crippen LogP contribution is 2.29. The van der Waals surface area contributed by atoms with Crippen molar-refractivity contribution in [3.8, 4) is 5.75 Å². The summed E-state index contributed by atoms with van der Waals surface area (Å²) in [6.45, 7) is -0.736. The van der Waals surface area contributed by atoms with Crippen molar-refractivity contribution in [1.29, 1.82) is 0 Å². The van der Waals surface area contributed by atoms with Gasteiger partial charge in [-0.15, -0.1) is 0 Å². The Bertz CT molecular complexity index is 331. The number of aromatic nitrogens is 1. The first-order chi connectivity index (χ1) is 6.61. The molecule has 0 aromatic carbocycles. The molecule has 1 N–H and O–H groups in total. The van der Waals surface area contributed by atoms with Crippen molar-refractivity contribution in [3.63, 3.8) is 0 Å². The van der Waals surface area contributed by atoms with E-state index < -0.39 is 24.4 Å². The highest BCUT2D eigenvalue weighted by molar-refractivity contribution is 5.32. The van der Waals surface area contributed by atoms with Gasteiger partial charge in [0, 0.05) is 0 Å². The van der Waals surface area contributed by atoms with Crippen LogP contribution < -0.4 is 4.74 Å². The minimum absolute atomic E-state index is 0.363. The Hall–Kier alpha value is -1.30. The van der Waals surface area contributed by atoms with Gasteiger partial charge in [-0.1, -0.05) is 0 Å². The third-order valence-electron chi connectivity index (χ3n) is 1.69. The lowest BCUT2D eigenvalue weighted by atomic mass is 10.2. The molecular weight excluding hydrogens is 199 g/mol. The predicted molar refractivity (Wildman–Crippen MR) is 41.6 cm³/mol. The number of ether oxygens (including phenoxy) is 1. The average Bonchev–Trinajstić information content (AvgIpc) is 2.16. The molecule has 78 valence electrons. The summed E-state index contributed by atoms with van der Waals surface area (Å²) in [4.78, 5) is 3.46. The number of alkyl halides is 2. The van der Waals surface area contributed by atoms with E-state index in [-0.39, 0.29) is 11.4 Å². The molecule has 0 amide bonds. The molecule has 0 aliphatic heterocycles. The Morgan fingerprint density at radius 2 is 2.21 bits per heavy atom. The van der Waals surface area contributed by atoms with Gasteiger partial charge in [0.1, 0.15) is 0 Å². The zero-order chi connectivity index (χ0) is 10.7. The quantitative estimate of drug-likeness (QED) is 0.819. The van der Waals surface area contributed by atoms with E-state index in [1.807, 2.05) is 0 Å². The fourth-order valence-electron chi connectivity index (χ4n) is 1.01. The molecule has 1 aromatic rings. The first kappa shape index (κ1) is 10.8. The molecule has 0 spiro atoms. The molecule has 0 aliphatic rings. The van der Waals surface area contributed by atoms with Crippen molar-refractivity contribution >= 4 is 0 Å². The standard InChI is InChI=1S/C8H8F3NO2/c1-14-5-2-12-4(3-13)6(7(5)9)8(10)11/h2,8,13H,3H2,1H3. The van der Waals surface area contributed by atoms with Gasteiger partial charge in [0.25, 0.3) is 6.43 Å². The van der Waals surface area contributed by atoms with Gasteiger partial charge in [0.05, 0.1) is 31.2 Å². The summed E-state index contributed by atoms with van der Waals surface area (Å²) in [5.41, 5.74) is -1.29. The van der Waals surface area contributed by atoms with Gasteiger partial charge in [-0.05, 0) is 0 Å². The largest absolute Gasteiger partial charge is 0.492 e. The van der Waals surface area contributed by atoms with E-state index in [2.05, 4.69) is 9.72 Å². The number of hydrogen-bond acceptors (Lipinski definition) is 3. The molecule has 6 heteroatoms. The Balaban J connectivity index is 3.31. The number of methoxy groups -OCH3 is 1. The Morgan fingerprint density at radius 1 is 1.57 bits per heavy atom. The average molecular weight is 207 g/mol. The Kier molecular flexibility index (Phi) is 3.29. The Morgan fingerprint density at radius 3 is 2.64 bits per heavy atom. The first-order valence-corrected chi connectivity index (χ1v) is 3.72. The minimum Gasteiger partial charge on any atom is -0.492 e. The van der Waals surface area contributed by atoms with Crippen LogP contribution in [0.2, 0.25) is 0 Å². The molecule has 0 fully saturated rings. The first-order valence-electron chi connectivity index (χ1n) is 3.72. The summed E-state index contributed by atoms with van der Waals surface area (Å²) in [6, 6.07) is 0. The van der Waals surface area contributed by atoms with Crippen LogP contribution in [0.3, 0.4) is 0 Å². The zero-order valence-electron chi connectivity index (χ0n) is 7.30. The summed E-state index contributed by atoms with van der Waals surface area (Å²) < 4.78 is 42.4. The molecule has 0 atom stereocenters. The lowest BCUT2D eigenvalue weighted by Gasteiger charge is -2.09. The fraction of sp³-hybridized carbons (Fsp3) is 0.375. The lowest BCUT2D eigenvalue weighted by Crippen LogP contribution is -2.04. The van der Waals surface area contributed by atoms with E-state index in [9.17, 15) is 13.2 Å². The van der Waals surface area contributed by atoms with Crippen LogP contribution in [0.25, 0.3) is 0 Å². The summed E-state index contributed by atoms with van der Waals surface area (Å²) in [5.74, 6) is -1.54. The molecule has 0 radical (unpaired) electrons. The van der Waals surface area contributed by atoms with Gasteiger partial charge < -0.3 is 9.84 Å². The molecule has 0 saturated heterocycles. The van der Waals surface area contributed by atoms with E-state index >= 15 is 0 Å². The van der Waals surface area contributed by atoms with Crippen LogP contribution in [0.15, 0.2) is 6.20 Å². The SMILES string of the molecule is COc1cnc(CO)c(C(F)F)c1F. The lowest BCUT2D eigenvalue weighted by molar-refractivity contribution is 0.139. The van der Waals surface area contributed by atoms with Crippen molar-refractivity contribution in [2.45, 2.75) is 13.0 Å². The number of pyridine rings is 1. The highest BCUT2D eigenvalue weighted by atomic mass is 19.3. The number of halogens is 3. The molecular formula is C8H8F3NO2. The summed E-state index contributed by atoms with van der Waals surface area (Å²) in [6.07, 6.45) is -2.08. The molecule has 3 nitrogen and oxygen atoms in total. The third kappa shape index (κ3) is 1.79. The summed E-state index contributed by atoms with van der Waals surface area (Å²) >= 11 is 0. The van der Waals surface area contributed by atoms with Crippen LogP contribution >= 0.6 is 0 Å². The molecule has 0 unspecified atom stereocenters. The minimum atomic E-state index is -3.03. The number of rotatable bonds is 3. The van der Waals surface area contributed by atoms with Crippen LogP contribution in [0.4, 0.5) is 13.2 Å². The summed E-state index contributed by atoms with van der Waals surface area (Å²) in [5, 5.41) is 8.65. The second-order valence-electron chi connectivity index (χ2n) is 2.46. The maximum Gasteiger partial charge on any atom is 0.268 e. The van der Waals surface area contributed by atoms with E-state index in [0.717, 1.165) is 13.3 Å². The van der Waals surface area contributed by atoms with Gasteiger partial charge >= 0.3 is 0 Å². The smallest absolute Gasteiger partial charge is 0.268 e. The van der Waals surface area contributed by atoms with Crippen LogP contribution in [0, 0.1) is 5.82 Å². The van der Waals surface area contributed by atoms with Crippen LogP contribution in [-0.4, -0.2) is 17.2 Å². The van der Waals surface area contributed by atoms with E-state index in [1.165, 1.54) is 0 Å². The van der Waals surface area contributed by atoms with Crippen LogP contribution in [0.1, 0.15) is 17.7 Å². The van der Waals surface area contributed by atoms with Gasteiger partial charge in [-0.3, -0.25) is 4.98 Å². The van der Waals surface area contributed by atoms with Crippen LogP contribution in [-0.2, 0) is 6.61 Å². The maximum atomic E-state index is 13.2. The van der Waals surface area contributed by atoms with E-state index in [1.54, 1.807) is 0 Å². The van der Waals surface area contributed by atoms with Crippen molar-refractivity contribution in [1.82, 2.24) is 4.98 Å². The van der Waals surface area contributed by atoms with Gasteiger partial charge in [0.15, 0.2) is 11.6 Å².